The molecule has 0 aliphatic rings. The van der Waals surface area contributed by atoms with E-state index in [-0.39, 0.29) is 6.04 Å². The highest BCUT2D eigenvalue weighted by atomic mass is 35.5. The molecule has 0 aliphatic heterocycles. The van der Waals surface area contributed by atoms with Crippen LogP contribution in [0.4, 0.5) is 0 Å². The largest absolute Gasteiger partial charge is 0.439 e. The zero-order chi connectivity index (χ0) is 14.5. The number of aryl methyl sites for hydroxylation is 1. The number of aromatic nitrogens is 1. The number of pyridine rings is 1. The smallest absolute Gasteiger partial charge is 0.223 e. The predicted molar refractivity (Wildman–Crippen MR) is 82.6 cm³/mol. The van der Waals surface area contributed by atoms with Gasteiger partial charge in [0.25, 0.3) is 0 Å². The SMILES string of the molecule is CCc1cc(Oc2ncccc2C(C)NC)ccc1Cl. The first kappa shape index (κ1) is 14.8. The average molecular weight is 291 g/mol. The van der Waals surface area contributed by atoms with Crippen LogP contribution in [0.1, 0.15) is 31.0 Å². The van der Waals surface area contributed by atoms with E-state index in [1.165, 1.54) is 0 Å². The summed E-state index contributed by atoms with van der Waals surface area (Å²) in [6.07, 6.45) is 2.61. The summed E-state index contributed by atoms with van der Waals surface area (Å²) in [5, 5.41) is 3.97. The molecule has 1 unspecified atom stereocenters. The maximum atomic E-state index is 6.12. The van der Waals surface area contributed by atoms with E-state index < -0.39 is 0 Å². The van der Waals surface area contributed by atoms with E-state index in [9.17, 15) is 0 Å². The fourth-order valence-electron chi connectivity index (χ4n) is 1.97. The lowest BCUT2D eigenvalue weighted by molar-refractivity contribution is 0.446. The Morgan fingerprint density at radius 2 is 2.15 bits per heavy atom. The Hall–Kier alpha value is -1.58. The molecule has 0 saturated carbocycles. The molecule has 0 saturated heterocycles. The molecule has 0 radical (unpaired) electrons. The van der Waals surface area contributed by atoms with Crippen molar-refractivity contribution in [1.29, 1.82) is 0 Å². The summed E-state index contributed by atoms with van der Waals surface area (Å²) < 4.78 is 5.92. The summed E-state index contributed by atoms with van der Waals surface area (Å²) in [5.74, 6) is 1.38. The van der Waals surface area contributed by atoms with Crippen molar-refractivity contribution in [3.8, 4) is 11.6 Å². The van der Waals surface area contributed by atoms with Gasteiger partial charge < -0.3 is 10.1 Å². The molecule has 0 amide bonds. The van der Waals surface area contributed by atoms with Crippen molar-refractivity contribution in [2.75, 3.05) is 7.05 Å². The molecule has 4 heteroatoms. The predicted octanol–water partition coefficient (Wildman–Crippen LogP) is 4.37. The van der Waals surface area contributed by atoms with Crippen LogP contribution in [-0.4, -0.2) is 12.0 Å². The van der Waals surface area contributed by atoms with Gasteiger partial charge in [-0.3, -0.25) is 0 Å². The van der Waals surface area contributed by atoms with Crippen molar-refractivity contribution < 1.29 is 4.74 Å². The van der Waals surface area contributed by atoms with Crippen LogP contribution in [-0.2, 0) is 6.42 Å². The van der Waals surface area contributed by atoms with E-state index in [4.69, 9.17) is 16.3 Å². The van der Waals surface area contributed by atoms with E-state index in [1.54, 1.807) is 6.20 Å². The van der Waals surface area contributed by atoms with Gasteiger partial charge in [0.15, 0.2) is 0 Å². The molecule has 3 nitrogen and oxygen atoms in total. The van der Waals surface area contributed by atoms with Crippen LogP contribution in [0.3, 0.4) is 0 Å². The Morgan fingerprint density at radius 1 is 1.35 bits per heavy atom. The lowest BCUT2D eigenvalue weighted by Crippen LogP contribution is -2.13. The zero-order valence-corrected chi connectivity index (χ0v) is 12.7. The van der Waals surface area contributed by atoms with Crippen molar-refractivity contribution in [3.63, 3.8) is 0 Å². The standard InChI is InChI=1S/C16H19ClN2O/c1-4-12-10-13(7-8-15(12)17)20-16-14(11(2)18-3)6-5-9-19-16/h5-11,18H,4H2,1-3H3. The van der Waals surface area contributed by atoms with Crippen molar-refractivity contribution in [2.24, 2.45) is 0 Å². The maximum absolute atomic E-state index is 6.12. The number of nitrogens with one attached hydrogen (secondary N) is 1. The molecule has 0 aliphatic carbocycles. The highest BCUT2D eigenvalue weighted by Crippen LogP contribution is 2.29. The van der Waals surface area contributed by atoms with Crippen LogP contribution in [0.15, 0.2) is 36.5 Å². The molecule has 106 valence electrons. The molecule has 1 aromatic heterocycles. The third kappa shape index (κ3) is 3.30. The summed E-state index contributed by atoms with van der Waals surface area (Å²) in [6.45, 7) is 4.14. The molecule has 1 heterocycles. The van der Waals surface area contributed by atoms with Crippen molar-refractivity contribution in [2.45, 2.75) is 26.3 Å². The lowest BCUT2D eigenvalue weighted by Gasteiger charge is -2.15. The Balaban J connectivity index is 2.30. The maximum Gasteiger partial charge on any atom is 0.223 e. The number of ether oxygens (including phenoxy) is 1. The molecule has 1 aromatic carbocycles. The fourth-order valence-corrected chi connectivity index (χ4v) is 2.22. The van der Waals surface area contributed by atoms with Crippen LogP contribution < -0.4 is 10.1 Å². The Labute approximate surface area is 124 Å². The summed E-state index contributed by atoms with van der Waals surface area (Å²) in [7, 11) is 1.92. The minimum absolute atomic E-state index is 0.177. The third-order valence-electron chi connectivity index (χ3n) is 3.31. The molecule has 2 aromatic rings. The highest BCUT2D eigenvalue weighted by molar-refractivity contribution is 6.31. The second kappa shape index (κ2) is 6.73. The molecule has 20 heavy (non-hydrogen) atoms. The van der Waals surface area contributed by atoms with Gasteiger partial charge in [-0.1, -0.05) is 24.6 Å². The van der Waals surface area contributed by atoms with Gasteiger partial charge in [-0.05, 0) is 50.2 Å². The fraction of sp³-hybridized carbons (Fsp3) is 0.312. The molecule has 0 bridgehead atoms. The minimum Gasteiger partial charge on any atom is -0.439 e. The summed E-state index contributed by atoms with van der Waals surface area (Å²) >= 11 is 6.12. The van der Waals surface area contributed by atoms with E-state index in [0.717, 1.165) is 28.3 Å². The van der Waals surface area contributed by atoms with Gasteiger partial charge in [0.1, 0.15) is 5.75 Å². The first-order valence-electron chi connectivity index (χ1n) is 6.74. The van der Waals surface area contributed by atoms with E-state index in [1.807, 2.05) is 37.4 Å². The van der Waals surface area contributed by atoms with Gasteiger partial charge in [0.05, 0.1) is 0 Å². The first-order chi connectivity index (χ1) is 9.65. The first-order valence-corrected chi connectivity index (χ1v) is 7.12. The molecule has 2 rings (SSSR count). The van der Waals surface area contributed by atoms with Crippen LogP contribution >= 0.6 is 11.6 Å². The van der Waals surface area contributed by atoms with Gasteiger partial charge in [0.2, 0.25) is 5.88 Å². The van der Waals surface area contributed by atoms with Crippen molar-refractivity contribution >= 4 is 11.6 Å². The second-order valence-corrected chi connectivity index (χ2v) is 5.02. The monoisotopic (exact) mass is 290 g/mol. The van der Waals surface area contributed by atoms with Crippen LogP contribution in [0.5, 0.6) is 11.6 Å². The topological polar surface area (TPSA) is 34.1 Å². The normalized spacial score (nSPS) is 12.2. The minimum atomic E-state index is 0.177. The van der Waals surface area contributed by atoms with Crippen LogP contribution in [0, 0.1) is 0 Å². The van der Waals surface area contributed by atoms with Gasteiger partial charge >= 0.3 is 0 Å². The number of nitrogens with zero attached hydrogens (tertiary/aromatic N) is 1. The number of rotatable bonds is 5. The third-order valence-corrected chi connectivity index (χ3v) is 3.68. The number of hydrogen-bond acceptors (Lipinski definition) is 3. The second-order valence-electron chi connectivity index (χ2n) is 4.62. The number of hydrogen-bond donors (Lipinski definition) is 1. The van der Waals surface area contributed by atoms with Crippen LogP contribution in [0.2, 0.25) is 5.02 Å². The zero-order valence-electron chi connectivity index (χ0n) is 12.0. The summed E-state index contributed by atoms with van der Waals surface area (Å²) in [6, 6.07) is 9.79. The van der Waals surface area contributed by atoms with E-state index >= 15 is 0 Å². The molecule has 0 fully saturated rings. The molecular weight excluding hydrogens is 272 g/mol. The van der Waals surface area contributed by atoms with Crippen molar-refractivity contribution in [1.82, 2.24) is 10.3 Å². The van der Waals surface area contributed by atoms with E-state index in [2.05, 4.69) is 24.1 Å². The molecular formula is C16H19ClN2O. The Kier molecular flexibility index (Phi) is 4.99. The lowest BCUT2D eigenvalue weighted by atomic mass is 10.1. The van der Waals surface area contributed by atoms with Crippen LogP contribution in [0.25, 0.3) is 0 Å². The van der Waals surface area contributed by atoms with Gasteiger partial charge in [0, 0.05) is 22.8 Å². The number of halogens is 1. The Bertz CT molecular complexity index is 586. The van der Waals surface area contributed by atoms with Gasteiger partial charge in [-0.2, -0.15) is 0 Å². The van der Waals surface area contributed by atoms with E-state index in [0.29, 0.717) is 5.88 Å². The molecule has 1 atom stereocenters. The molecule has 1 N–H and O–H groups in total. The quantitative estimate of drug-likeness (QED) is 0.888. The van der Waals surface area contributed by atoms with Gasteiger partial charge in [-0.25, -0.2) is 4.98 Å². The van der Waals surface area contributed by atoms with Crippen molar-refractivity contribution in [3.05, 3.63) is 52.7 Å². The number of benzene rings is 1. The van der Waals surface area contributed by atoms with Gasteiger partial charge in [-0.15, -0.1) is 0 Å². The summed E-state index contributed by atoms with van der Waals surface area (Å²) in [4.78, 5) is 4.33. The Morgan fingerprint density at radius 3 is 2.85 bits per heavy atom. The highest BCUT2D eigenvalue weighted by Gasteiger charge is 2.12. The average Bonchev–Trinajstić information content (AvgIpc) is 2.49. The summed E-state index contributed by atoms with van der Waals surface area (Å²) in [5.41, 5.74) is 2.10. The molecule has 0 spiro atoms.